The Hall–Kier alpha value is -1.60. The molecule has 3 atom stereocenters. The first kappa shape index (κ1) is 13.4. The minimum absolute atomic E-state index is 0.294. The van der Waals surface area contributed by atoms with Gasteiger partial charge in [0.25, 0.3) is 0 Å². The van der Waals surface area contributed by atoms with Gasteiger partial charge in [-0.05, 0) is 48.6 Å². The SMILES string of the molecule is Cc1cccc(CC(CO)C2CC2c2ccccc2)c1. The van der Waals surface area contributed by atoms with E-state index in [4.69, 9.17) is 0 Å². The average molecular weight is 266 g/mol. The van der Waals surface area contributed by atoms with Crippen LogP contribution < -0.4 is 0 Å². The first-order valence-electron chi connectivity index (χ1n) is 7.49. The fourth-order valence-electron chi connectivity index (χ4n) is 3.31. The van der Waals surface area contributed by atoms with E-state index < -0.39 is 0 Å². The second-order valence-corrected chi connectivity index (χ2v) is 6.05. The number of aryl methyl sites for hydroxylation is 1. The third kappa shape index (κ3) is 2.94. The molecule has 1 aliphatic carbocycles. The van der Waals surface area contributed by atoms with Crippen molar-refractivity contribution in [2.45, 2.75) is 25.7 Å². The molecule has 104 valence electrons. The van der Waals surface area contributed by atoms with Crippen LogP contribution >= 0.6 is 0 Å². The molecule has 0 aromatic heterocycles. The highest BCUT2D eigenvalue weighted by molar-refractivity contribution is 5.27. The predicted octanol–water partition coefficient (Wildman–Crippen LogP) is 3.95. The van der Waals surface area contributed by atoms with Gasteiger partial charge in [-0.15, -0.1) is 0 Å². The van der Waals surface area contributed by atoms with Crippen molar-refractivity contribution in [1.29, 1.82) is 0 Å². The van der Waals surface area contributed by atoms with Crippen molar-refractivity contribution < 1.29 is 5.11 Å². The number of aliphatic hydroxyl groups is 1. The summed E-state index contributed by atoms with van der Waals surface area (Å²) >= 11 is 0. The van der Waals surface area contributed by atoms with Crippen LogP contribution in [-0.2, 0) is 6.42 Å². The van der Waals surface area contributed by atoms with Gasteiger partial charge >= 0.3 is 0 Å². The zero-order valence-corrected chi connectivity index (χ0v) is 12.0. The molecule has 0 aliphatic heterocycles. The maximum atomic E-state index is 9.73. The Morgan fingerprint density at radius 3 is 2.60 bits per heavy atom. The summed E-state index contributed by atoms with van der Waals surface area (Å²) in [6.07, 6.45) is 2.22. The summed E-state index contributed by atoms with van der Waals surface area (Å²) < 4.78 is 0. The van der Waals surface area contributed by atoms with Crippen molar-refractivity contribution in [2.24, 2.45) is 11.8 Å². The Morgan fingerprint density at radius 2 is 1.90 bits per heavy atom. The molecular weight excluding hydrogens is 244 g/mol. The Bertz CT molecular complexity index is 561. The van der Waals surface area contributed by atoms with Crippen molar-refractivity contribution >= 4 is 0 Å². The monoisotopic (exact) mass is 266 g/mol. The molecule has 2 aromatic rings. The molecule has 1 heteroatoms. The summed E-state index contributed by atoms with van der Waals surface area (Å²) in [5, 5.41) is 9.73. The minimum atomic E-state index is 0.294. The number of rotatable bonds is 5. The van der Waals surface area contributed by atoms with E-state index in [1.807, 2.05) is 0 Å². The molecule has 0 bridgehead atoms. The number of hydrogen-bond acceptors (Lipinski definition) is 1. The molecule has 1 N–H and O–H groups in total. The van der Waals surface area contributed by atoms with Gasteiger partial charge in [-0.1, -0.05) is 60.2 Å². The lowest BCUT2D eigenvalue weighted by molar-refractivity contribution is 0.207. The zero-order chi connectivity index (χ0) is 13.9. The summed E-state index contributed by atoms with van der Waals surface area (Å²) in [7, 11) is 0. The van der Waals surface area contributed by atoms with Gasteiger partial charge < -0.3 is 5.11 Å². The highest BCUT2D eigenvalue weighted by atomic mass is 16.3. The number of aliphatic hydroxyl groups excluding tert-OH is 1. The highest BCUT2D eigenvalue weighted by Gasteiger charge is 2.43. The molecule has 0 saturated heterocycles. The van der Waals surface area contributed by atoms with Crippen LogP contribution in [0.2, 0.25) is 0 Å². The maximum Gasteiger partial charge on any atom is 0.0465 e. The lowest BCUT2D eigenvalue weighted by atomic mass is 9.92. The fraction of sp³-hybridized carbons (Fsp3) is 0.368. The predicted molar refractivity (Wildman–Crippen MR) is 82.7 cm³/mol. The van der Waals surface area contributed by atoms with E-state index in [1.165, 1.54) is 23.1 Å². The molecule has 1 nitrogen and oxygen atoms in total. The molecule has 1 fully saturated rings. The molecule has 3 rings (SSSR count). The lowest BCUT2D eigenvalue weighted by Crippen LogP contribution is -2.13. The molecule has 0 spiro atoms. The first-order valence-corrected chi connectivity index (χ1v) is 7.49. The summed E-state index contributed by atoms with van der Waals surface area (Å²) in [6, 6.07) is 19.4. The second kappa shape index (κ2) is 5.80. The summed E-state index contributed by atoms with van der Waals surface area (Å²) in [6.45, 7) is 2.42. The fourth-order valence-corrected chi connectivity index (χ4v) is 3.31. The van der Waals surface area contributed by atoms with E-state index in [1.54, 1.807) is 0 Å². The molecule has 1 saturated carbocycles. The molecule has 3 unspecified atom stereocenters. The van der Waals surface area contributed by atoms with Gasteiger partial charge in [0.2, 0.25) is 0 Å². The van der Waals surface area contributed by atoms with Crippen LogP contribution in [0.5, 0.6) is 0 Å². The summed E-state index contributed by atoms with van der Waals surface area (Å²) in [4.78, 5) is 0. The molecule has 2 aromatic carbocycles. The second-order valence-electron chi connectivity index (χ2n) is 6.05. The van der Waals surface area contributed by atoms with Crippen molar-refractivity contribution in [3.63, 3.8) is 0 Å². The van der Waals surface area contributed by atoms with E-state index in [0.717, 1.165) is 6.42 Å². The van der Waals surface area contributed by atoms with Gasteiger partial charge in [0.05, 0.1) is 0 Å². The molecule has 1 aliphatic rings. The van der Waals surface area contributed by atoms with E-state index in [-0.39, 0.29) is 0 Å². The van der Waals surface area contributed by atoms with E-state index in [9.17, 15) is 5.11 Å². The number of benzene rings is 2. The van der Waals surface area contributed by atoms with Crippen molar-refractivity contribution in [1.82, 2.24) is 0 Å². The topological polar surface area (TPSA) is 20.2 Å². The molecule has 0 heterocycles. The van der Waals surface area contributed by atoms with Crippen LogP contribution in [0.1, 0.15) is 29.0 Å². The zero-order valence-electron chi connectivity index (χ0n) is 12.0. The third-order valence-corrected chi connectivity index (χ3v) is 4.49. The molecular formula is C19H22O. The quantitative estimate of drug-likeness (QED) is 0.868. The van der Waals surface area contributed by atoms with Crippen LogP contribution in [0, 0.1) is 18.8 Å². The average Bonchev–Trinajstić information content (AvgIpc) is 3.26. The van der Waals surface area contributed by atoms with E-state index in [2.05, 4.69) is 61.5 Å². The van der Waals surface area contributed by atoms with Crippen molar-refractivity contribution in [3.8, 4) is 0 Å². The van der Waals surface area contributed by atoms with Gasteiger partial charge in [-0.25, -0.2) is 0 Å². The summed E-state index contributed by atoms with van der Waals surface area (Å²) in [5.41, 5.74) is 4.08. The van der Waals surface area contributed by atoms with E-state index in [0.29, 0.717) is 24.4 Å². The van der Waals surface area contributed by atoms with Crippen LogP contribution in [0.15, 0.2) is 54.6 Å². The third-order valence-electron chi connectivity index (χ3n) is 4.49. The Labute approximate surface area is 121 Å². The highest BCUT2D eigenvalue weighted by Crippen LogP contribution is 2.52. The van der Waals surface area contributed by atoms with Gasteiger partial charge in [-0.2, -0.15) is 0 Å². The van der Waals surface area contributed by atoms with Gasteiger partial charge in [0.15, 0.2) is 0 Å². The van der Waals surface area contributed by atoms with Gasteiger partial charge in [-0.3, -0.25) is 0 Å². The van der Waals surface area contributed by atoms with E-state index >= 15 is 0 Å². The molecule has 0 amide bonds. The normalized spacial score (nSPS) is 22.5. The van der Waals surface area contributed by atoms with Crippen LogP contribution in [0.25, 0.3) is 0 Å². The largest absolute Gasteiger partial charge is 0.396 e. The molecule has 20 heavy (non-hydrogen) atoms. The molecule has 0 radical (unpaired) electrons. The van der Waals surface area contributed by atoms with Gasteiger partial charge in [0, 0.05) is 6.61 Å². The Morgan fingerprint density at radius 1 is 1.10 bits per heavy atom. The van der Waals surface area contributed by atoms with Crippen LogP contribution in [-0.4, -0.2) is 11.7 Å². The Balaban J connectivity index is 1.67. The standard InChI is InChI=1S/C19H22O/c1-14-6-5-7-15(10-14)11-17(13-20)19-12-18(19)16-8-3-2-4-9-16/h2-10,17-20H,11-13H2,1H3. The first-order chi connectivity index (χ1) is 9.78. The smallest absolute Gasteiger partial charge is 0.0465 e. The van der Waals surface area contributed by atoms with Crippen LogP contribution in [0.4, 0.5) is 0 Å². The summed E-state index contributed by atoms with van der Waals surface area (Å²) in [5.74, 6) is 1.68. The minimum Gasteiger partial charge on any atom is -0.396 e. The van der Waals surface area contributed by atoms with Crippen molar-refractivity contribution in [3.05, 3.63) is 71.3 Å². The number of hydrogen-bond donors (Lipinski definition) is 1. The van der Waals surface area contributed by atoms with Crippen LogP contribution in [0.3, 0.4) is 0 Å². The maximum absolute atomic E-state index is 9.73. The van der Waals surface area contributed by atoms with Gasteiger partial charge in [0.1, 0.15) is 0 Å². The Kier molecular flexibility index (Phi) is 3.88. The lowest BCUT2D eigenvalue weighted by Gasteiger charge is -2.14. The van der Waals surface area contributed by atoms with Crippen molar-refractivity contribution in [2.75, 3.05) is 6.61 Å².